The lowest BCUT2D eigenvalue weighted by molar-refractivity contribution is -0.127. The number of hydrogen-bond donors (Lipinski definition) is 2. The fourth-order valence-corrected chi connectivity index (χ4v) is 6.12. The van der Waals surface area contributed by atoms with Gasteiger partial charge in [0.1, 0.15) is 21.2 Å². The number of carbonyl (C=O) groups is 3. The molecule has 6 rings (SSSR count). The number of pyridine rings is 1. The third kappa shape index (κ3) is 5.01. The summed E-state index contributed by atoms with van der Waals surface area (Å²) >= 11 is 1.25. The zero-order valence-corrected chi connectivity index (χ0v) is 22.4. The molecule has 40 heavy (non-hydrogen) atoms. The molecule has 2 aliphatic rings. The first-order valence-electron chi connectivity index (χ1n) is 13.0. The number of likely N-dealkylation sites (tertiary alicyclic amines) is 1. The van der Waals surface area contributed by atoms with Gasteiger partial charge in [-0.2, -0.15) is 0 Å². The molecule has 202 valence electrons. The number of amides is 4. The van der Waals surface area contributed by atoms with Crippen molar-refractivity contribution in [1.29, 1.82) is 0 Å². The Balaban J connectivity index is 1.21. The maximum atomic E-state index is 13.4. The summed E-state index contributed by atoms with van der Waals surface area (Å²) in [5.74, 6) is 1.02. The van der Waals surface area contributed by atoms with E-state index in [1.54, 1.807) is 22.1 Å². The Morgan fingerprint density at radius 3 is 2.67 bits per heavy atom. The average molecular weight is 554 g/mol. The smallest absolute Gasteiger partial charge is 0.326 e. The van der Waals surface area contributed by atoms with E-state index in [1.807, 2.05) is 54.6 Å². The summed E-state index contributed by atoms with van der Waals surface area (Å²) in [4.78, 5) is 47.6. The van der Waals surface area contributed by atoms with Crippen molar-refractivity contribution in [2.24, 2.45) is 0 Å². The first kappa shape index (κ1) is 25.6. The van der Waals surface area contributed by atoms with Crippen molar-refractivity contribution >= 4 is 50.8 Å². The summed E-state index contributed by atoms with van der Waals surface area (Å²) in [6.45, 7) is 4.96. The van der Waals surface area contributed by atoms with E-state index >= 15 is 0 Å². The molecule has 4 amide bonds. The molecule has 0 unspecified atom stereocenters. The number of aromatic nitrogens is 1. The molecule has 9 nitrogen and oxygen atoms in total. The van der Waals surface area contributed by atoms with E-state index in [2.05, 4.69) is 22.2 Å². The van der Waals surface area contributed by atoms with Crippen molar-refractivity contribution in [1.82, 2.24) is 15.2 Å². The third-order valence-corrected chi connectivity index (χ3v) is 8.13. The molecular weight excluding hydrogens is 526 g/mol. The summed E-state index contributed by atoms with van der Waals surface area (Å²) in [7, 11) is 0. The molecule has 1 atom stereocenters. The number of nitrogens with zero attached hydrogens (tertiary/aromatic N) is 3. The van der Waals surface area contributed by atoms with Gasteiger partial charge in [0.05, 0.1) is 23.3 Å². The van der Waals surface area contributed by atoms with Gasteiger partial charge in [-0.25, -0.2) is 9.78 Å². The molecule has 0 bridgehead atoms. The molecule has 0 spiro atoms. The SMILES string of the molecule is C=CC(=O)N1CCC[C@@H](NC(=O)c2sc3nccc4c3c2NC(=O)N4Cc2ccc(Oc3ccccc3)cc2)C1. The number of benzene rings is 2. The molecule has 10 heteroatoms. The van der Waals surface area contributed by atoms with Crippen molar-refractivity contribution in [2.75, 3.05) is 23.3 Å². The second-order valence-corrected chi connectivity index (χ2v) is 10.7. The number of carbonyl (C=O) groups excluding carboxylic acids is 3. The summed E-state index contributed by atoms with van der Waals surface area (Å²) in [6, 6.07) is 18.4. The van der Waals surface area contributed by atoms with Crippen LogP contribution < -0.4 is 20.3 Å². The molecule has 2 aliphatic heterocycles. The van der Waals surface area contributed by atoms with Crippen molar-refractivity contribution in [3.63, 3.8) is 0 Å². The van der Waals surface area contributed by atoms with Crippen LogP contribution in [0.15, 0.2) is 79.5 Å². The lowest BCUT2D eigenvalue weighted by atomic mass is 10.1. The second kappa shape index (κ2) is 10.8. The zero-order valence-electron chi connectivity index (χ0n) is 21.6. The van der Waals surface area contributed by atoms with Crippen LogP contribution in [0.4, 0.5) is 16.2 Å². The Hall–Kier alpha value is -4.70. The van der Waals surface area contributed by atoms with Gasteiger partial charge < -0.3 is 20.3 Å². The molecule has 0 saturated carbocycles. The van der Waals surface area contributed by atoms with Gasteiger partial charge in [-0.15, -0.1) is 11.3 Å². The second-order valence-electron chi connectivity index (χ2n) is 9.69. The first-order valence-corrected chi connectivity index (χ1v) is 13.9. The number of para-hydroxylation sites is 1. The van der Waals surface area contributed by atoms with E-state index in [1.165, 1.54) is 17.4 Å². The van der Waals surface area contributed by atoms with Crippen LogP contribution in [0.2, 0.25) is 0 Å². The van der Waals surface area contributed by atoms with Gasteiger partial charge in [0.15, 0.2) is 0 Å². The molecule has 2 aromatic carbocycles. The Bertz CT molecular complexity index is 1600. The summed E-state index contributed by atoms with van der Waals surface area (Å²) < 4.78 is 5.88. The number of hydrogen-bond acceptors (Lipinski definition) is 6. The summed E-state index contributed by atoms with van der Waals surface area (Å²) in [6.07, 6.45) is 4.51. The normalized spacial score (nSPS) is 16.4. The fraction of sp³-hybridized carbons (Fsp3) is 0.200. The van der Waals surface area contributed by atoms with E-state index in [0.717, 1.165) is 29.5 Å². The highest BCUT2D eigenvalue weighted by atomic mass is 32.1. The zero-order chi connectivity index (χ0) is 27.6. The van der Waals surface area contributed by atoms with Crippen molar-refractivity contribution in [2.45, 2.75) is 25.4 Å². The van der Waals surface area contributed by atoms with Crippen molar-refractivity contribution in [3.8, 4) is 11.5 Å². The maximum absolute atomic E-state index is 13.4. The average Bonchev–Trinajstić information content (AvgIpc) is 3.35. The molecule has 1 fully saturated rings. The van der Waals surface area contributed by atoms with Crippen molar-refractivity contribution < 1.29 is 19.1 Å². The highest BCUT2D eigenvalue weighted by molar-refractivity contribution is 7.21. The number of piperidine rings is 1. The van der Waals surface area contributed by atoms with Crippen LogP contribution in [-0.4, -0.2) is 46.9 Å². The molecule has 1 saturated heterocycles. The Morgan fingerprint density at radius 1 is 1.12 bits per heavy atom. The minimum Gasteiger partial charge on any atom is -0.457 e. The van der Waals surface area contributed by atoms with Crippen LogP contribution in [0.1, 0.15) is 28.1 Å². The van der Waals surface area contributed by atoms with Crippen LogP contribution in [0, 0.1) is 0 Å². The van der Waals surface area contributed by atoms with E-state index in [0.29, 0.717) is 46.5 Å². The van der Waals surface area contributed by atoms with Gasteiger partial charge in [0.2, 0.25) is 5.91 Å². The molecule has 2 N–H and O–H groups in total. The van der Waals surface area contributed by atoms with Gasteiger partial charge in [0, 0.05) is 25.3 Å². The molecule has 0 aliphatic carbocycles. The molecule has 0 radical (unpaired) electrons. The predicted octanol–water partition coefficient (Wildman–Crippen LogP) is 5.55. The topological polar surface area (TPSA) is 104 Å². The monoisotopic (exact) mass is 553 g/mol. The lowest BCUT2D eigenvalue weighted by Crippen LogP contribution is -2.49. The number of rotatable bonds is 7. The van der Waals surface area contributed by atoms with E-state index < -0.39 is 0 Å². The quantitative estimate of drug-likeness (QED) is 0.292. The number of thiophene rings is 1. The molecule has 4 aromatic rings. The lowest BCUT2D eigenvalue weighted by Gasteiger charge is -2.32. The van der Waals surface area contributed by atoms with E-state index in [9.17, 15) is 14.4 Å². The predicted molar refractivity (Wildman–Crippen MR) is 155 cm³/mol. The van der Waals surface area contributed by atoms with Gasteiger partial charge in [-0.3, -0.25) is 14.5 Å². The molecule has 4 heterocycles. The Morgan fingerprint density at radius 2 is 1.90 bits per heavy atom. The van der Waals surface area contributed by atoms with Crippen LogP contribution in [0.25, 0.3) is 10.2 Å². The van der Waals surface area contributed by atoms with Crippen molar-refractivity contribution in [3.05, 3.63) is 90.0 Å². The number of nitrogens with one attached hydrogen (secondary N) is 2. The minimum atomic E-state index is -0.322. The number of ether oxygens (including phenoxy) is 1. The maximum Gasteiger partial charge on any atom is 0.326 e. The third-order valence-electron chi connectivity index (χ3n) is 7.03. The van der Waals surface area contributed by atoms with Gasteiger partial charge in [-0.1, -0.05) is 36.9 Å². The van der Waals surface area contributed by atoms with Gasteiger partial charge in [-0.05, 0) is 54.8 Å². The number of anilines is 2. The Kier molecular flexibility index (Phi) is 6.91. The Labute approximate surface area is 235 Å². The minimum absolute atomic E-state index is 0.143. The standard InChI is InChI=1S/C30H27N5O4S/c1-2-24(36)34-16-6-7-20(18-34)32-28(37)27-26-25-23(14-15-31-29(25)40-27)35(30(38)33-26)17-19-10-12-22(13-11-19)39-21-8-4-3-5-9-21/h2-5,8-15,20H,1,6-7,16-18H2,(H,32,37)(H,33,38)/t20-/m1/s1. The van der Waals surface area contributed by atoms with Crippen LogP contribution in [-0.2, 0) is 11.3 Å². The summed E-state index contributed by atoms with van der Waals surface area (Å²) in [5, 5.41) is 6.73. The molecule has 2 aromatic heterocycles. The number of urea groups is 1. The largest absolute Gasteiger partial charge is 0.457 e. The van der Waals surface area contributed by atoms with Gasteiger partial charge >= 0.3 is 6.03 Å². The highest BCUT2D eigenvalue weighted by Crippen LogP contribution is 2.44. The fourth-order valence-electron chi connectivity index (χ4n) is 5.10. The first-order chi connectivity index (χ1) is 19.5. The highest BCUT2D eigenvalue weighted by Gasteiger charge is 2.33. The van der Waals surface area contributed by atoms with Crippen LogP contribution in [0.5, 0.6) is 11.5 Å². The molecular formula is C30H27N5O4S. The van der Waals surface area contributed by atoms with E-state index in [4.69, 9.17) is 4.74 Å². The van der Waals surface area contributed by atoms with E-state index in [-0.39, 0.29) is 23.9 Å². The van der Waals surface area contributed by atoms with Crippen LogP contribution in [0.3, 0.4) is 0 Å². The van der Waals surface area contributed by atoms with Crippen LogP contribution >= 0.6 is 11.3 Å². The van der Waals surface area contributed by atoms with Gasteiger partial charge in [0.25, 0.3) is 5.91 Å². The summed E-state index contributed by atoms with van der Waals surface area (Å²) in [5.41, 5.74) is 2.10.